The predicted molar refractivity (Wildman–Crippen MR) is 98.7 cm³/mol. The molecule has 0 amide bonds. The summed E-state index contributed by atoms with van der Waals surface area (Å²) in [4.78, 5) is 16.4. The molecule has 3 nitrogen and oxygen atoms in total. The molecule has 0 saturated heterocycles. The van der Waals surface area contributed by atoms with Crippen LogP contribution in [0.3, 0.4) is 0 Å². The third kappa shape index (κ3) is 2.88. The Labute approximate surface area is 147 Å². The number of rotatable bonds is 2. The van der Waals surface area contributed by atoms with Crippen molar-refractivity contribution in [2.45, 2.75) is 0 Å². The van der Waals surface area contributed by atoms with E-state index in [1.165, 1.54) is 0 Å². The zero-order chi connectivity index (χ0) is 16.5. The van der Waals surface area contributed by atoms with Gasteiger partial charge < -0.3 is 4.74 Å². The van der Waals surface area contributed by atoms with Crippen LogP contribution in [0.15, 0.2) is 81.9 Å². The van der Waals surface area contributed by atoms with Gasteiger partial charge in [0.05, 0.1) is 0 Å². The number of ether oxygens (including phenoxy) is 1. The molecule has 4 heteroatoms. The van der Waals surface area contributed by atoms with Crippen LogP contribution in [0.25, 0.3) is 16.8 Å². The molecule has 1 heterocycles. The van der Waals surface area contributed by atoms with Crippen LogP contribution in [-0.2, 0) is 9.53 Å². The molecule has 1 aliphatic heterocycles. The molecule has 1 aliphatic rings. The second kappa shape index (κ2) is 6.06. The van der Waals surface area contributed by atoms with Crippen molar-refractivity contribution in [3.05, 3.63) is 88.0 Å². The largest absolute Gasteiger partial charge is 0.402 e. The summed E-state index contributed by atoms with van der Waals surface area (Å²) in [5.41, 5.74) is 2.00. The lowest BCUT2D eigenvalue weighted by atomic mass is 10.1. The van der Waals surface area contributed by atoms with Crippen molar-refractivity contribution in [2.75, 3.05) is 0 Å². The number of hydrogen-bond donors (Lipinski definition) is 0. The van der Waals surface area contributed by atoms with Gasteiger partial charge in [-0.3, -0.25) is 0 Å². The van der Waals surface area contributed by atoms with Crippen LogP contribution in [-0.4, -0.2) is 11.9 Å². The van der Waals surface area contributed by atoms with Crippen LogP contribution in [0.1, 0.15) is 11.1 Å². The molecular formula is C20H12BrNO2. The van der Waals surface area contributed by atoms with Crippen LogP contribution >= 0.6 is 15.9 Å². The molecule has 24 heavy (non-hydrogen) atoms. The summed E-state index contributed by atoms with van der Waals surface area (Å²) in [6, 6.07) is 21.6. The van der Waals surface area contributed by atoms with Gasteiger partial charge in [0.1, 0.15) is 0 Å². The lowest BCUT2D eigenvalue weighted by Crippen LogP contribution is -2.05. The molecule has 0 N–H and O–H groups in total. The third-order valence-corrected chi connectivity index (χ3v) is 4.32. The Morgan fingerprint density at radius 3 is 2.46 bits per heavy atom. The van der Waals surface area contributed by atoms with Gasteiger partial charge >= 0.3 is 5.97 Å². The summed E-state index contributed by atoms with van der Waals surface area (Å²) in [5, 5.41) is 2.28. The molecule has 0 aromatic heterocycles. The number of halogens is 1. The molecule has 116 valence electrons. The number of fused-ring (bicyclic) bond motifs is 1. The van der Waals surface area contributed by atoms with E-state index in [1.54, 1.807) is 6.08 Å². The van der Waals surface area contributed by atoms with Crippen LogP contribution in [0.5, 0.6) is 0 Å². The Morgan fingerprint density at radius 2 is 1.67 bits per heavy atom. The Bertz CT molecular complexity index is 1000. The van der Waals surface area contributed by atoms with Crippen molar-refractivity contribution in [1.82, 2.24) is 0 Å². The topological polar surface area (TPSA) is 38.7 Å². The summed E-state index contributed by atoms with van der Waals surface area (Å²) in [7, 11) is 0. The maximum atomic E-state index is 12.1. The van der Waals surface area contributed by atoms with E-state index in [1.807, 2.05) is 60.7 Å². The van der Waals surface area contributed by atoms with E-state index in [2.05, 4.69) is 27.0 Å². The second-order valence-electron chi connectivity index (χ2n) is 5.45. The molecule has 0 unspecified atom stereocenters. The first kappa shape index (κ1) is 14.8. The van der Waals surface area contributed by atoms with Crippen molar-refractivity contribution in [3.63, 3.8) is 0 Å². The van der Waals surface area contributed by atoms with Crippen molar-refractivity contribution in [2.24, 2.45) is 4.99 Å². The van der Waals surface area contributed by atoms with Crippen molar-refractivity contribution in [1.29, 1.82) is 0 Å². The fourth-order valence-corrected chi connectivity index (χ4v) is 2.84. The standard InChI is InChI=1S/C20H12BrNO2/c21-17-9-7-15(8-10-17)19-22-18(20(23)24-19)12-13-5-6-14-3-1-2-4-16(14)11-13/h1-12H/b18-12-. The number of carbonyl (C=O) groups is 1. The highest BCUT2D eigenvalue weighted by Gasteiger charge is 2.24. The molecule has 0 fully saturated rings. The Morgan fingerprint density at radius 1 is 0.917 bits per heavy atom. The third-order valence-electron chi connectivity index (χ3n) is 3.79. The first-order chi connectivity index (χ1) is 11.7. The lowest BCUT2D eigenvalue weighted by molar-refractivity contribution is -0.129. The van der Waals surface area contributed by atoms with Gasteiger partial charge in [-0.2, -0.15) is 0 Å². The summed E-state index contributed by atoms with van der Waals surface area (Å²) in [6.45, 7) is 0. The maximum Gasteiger partial charge on any atom is 0.363 e. The van der Waals surface area contributed by atoms with Crippen LogP contribution in [0, 0.1) is 0 Å². The van der Waals surface area contributed by atoms with Crippen LogP contribution in [0.4, 0.5) is 0 Å². The Kier molecular flexibility index (Phi) is 3.75. The van der Waals surface area contributed by atoms with Gasteiger partial charge in [0.25, 0.3) is 0 Å². The van der Waals surface area contributed by atoms with E-state index >= 15 is 0 Å². The fraction of sp³-hybridized carbons (Fsp3) is 0. The first-order valence-electron chi connectivity index (χ1n) is 7.46. The smallest absolute Gasteiger partial charge is 0.363 e. The summed E-state index contributed by atoms with van der Waals surface area (Å²) in [6.07, 6.45) is 1.75. The minimum atomic E-state index is -0.430. The maximum absolute atomic E-state index is 12.1. The molecule has 0 spiro atoms. The molecule has 3 aromatic rings. The lowest BCUT2D eigenvalue weighted by Gasteiger charge is -1.99. The highest BCUT2D eigenvalue weighted by atomic mass is 79.9. The van der Waals surface area contributed by atoms with E-state index in [4.69, 9.17) is 4.74 Å². The van der Waals surface area contributed by atoms with Gasteiger partial charge in [-0.05, 0) is 52.7 Å². The number of hydrogen-bond acceptors (Lipinski definition) is 3. The van der Waals surface area contributed by atoms with Gasteiger partial charge in [-0.15, -0.1) is 0 Å². The van der Waals surface area contributed by atoms with Gasteiger partial charge in [-0.1, -0.05) is 52.3 Å². The Balaban J connectivity index is 1.70. The van der Waals surface area contributed by atoms with Gasteiger partial charge in [0.2, 0.25) is 5.90 Å². The minimum absolute atomic E-state index is 0.309. The number of carbonyl (C=O) groups excluding carboxylic acids is 1. The van der Waals surface area contributed by atoms with Crippen molar-refractivity contribution in [3.8, 4) is 0 Å². The van der Waals surface area contributed by atoms with Crippen molar-refractivity contribution >= 4 is 44.6 Å². The van der Waals surface area contributed by atoms with Crippen molar-refractivity contribution < 1.29 is 9.53 Å². The molecule has 0 saturated carbocycles. The van der Waals surface area contributed by atoms with E-state index in [9.17, 15) is 4.79 Å². The summed E-state index contributed by atoms with van der Waals surface area (Å²) >= 11 is 3.38. The normalized spacial score (nSPS) is 15.6. The summed E-state index contributed by atoms with van der Waals surface area (Å²) < 4.78 is 6.25. The molecule has 4 rings (SSSR count). The predicted octanol–water partition coefficient (Wildman–Crippen LogP) is 4.95. The molecule has 0 aliphatic carbocycles. The van der Waals surface area contributed by atoms with E-state index in [0.717, 1.165) is 26.4 Å². The van der Waals surface area contributed by atoms with Crippen LogP contribution in [0.2, 0.25) is 0 Å². The van der Waals surface area contributed by atoms with E-state index < -0.39 is 5.97 Å². The second-order valence-corrected chi connectivity index (χ2v) is 6.37. The number of nitrogens with zero attached hydrogens (tertiary/aromatic N) is 1. The highest BCUT2D eigenvalue weighted by molar-refractivity contribution is 9.10. The van der Waals surface area contributed by atoms with Gasteiger partial charge in [0, 0.05) is 10.0 Å². The molecule has 0 bridgehead atoms. The van der Waals surface area contributed by atoms with Gasteiger partial charge in [-0.25, -0.2) is 9.79 Å². The van der Waals surface area contributed by atoms with E-state index in [0.29, 0.717) is 11.6 Å². The average Bonchev–Trinajstić information content (AvgIpc) is 2.96. The molecule has 3 aromatic carbocycles. The molecule has 0 radical (unpaired) electrons. The Hall–Kier alpha value is -2.72. The van der Waals surface area contributed by atoms with Crippen LogP contribution < -0.4 is 0 Å². The number of benzene rings is 3. The minimum Gasteiger partial charge on any atom is -0.402 e. The summed E-state index contributed by atoms with van der Waals surface area (Å²) in [5.74, 6) is -0.0967. The quantitative estimate of drug-likeness (QED) is 0.468. The number of esters is 1. The van der Waals surface area contributed by atoms with Gasteiger partial charge in [0.15, 0.2) is 5.70 Å². The molecular weight excluding hydrogens is 366 g/mol. The first-order valence-corrected chi connectivity index (χ1v) is 8.26. The molecule has 0 atom stereocenters. The monoisotopic (exact) mass is 377 g/mol. The SMILES string of the molecule is O=C1OC(c2ccc(Br)cc2)=N/C1=C\c1ccc2ccccc2c1. The zero-order valence-electron chi connectivity index (χ0n) is 12.6. The zero-order valence-corrected chi connectivity index (χ0v) is 14.2. The van der Waals surface area contributed by atoms with E-state index in [-0.39, 0.29) is 0 Å². The number of cyclic esters (lactones) is 1. The average molecular weight is 378 g/mol. The fourth-order valence-electron chi connectivity index (χ4n) is 2.58. The highest BCUT2D eigenvalue weighted by Crippen LogP contribution is 2.22. The number of aliphatic imine (C=N–C) groups is 1.